The van der Waals surface area contributed by atoms with Crippen molar-refractivity contribution in [1.29, 1.82) is 0 Å². The molecule has 2 heterocycles. The average Bonchev–Trinajstić information content (AvgIpc) is 2.69. The minimum absolute atomic E-state index is 0.286. The predicted molar refractivity (Wildman–Crippen MR) is 124 cm³/mol. The van der Waals surface area contributed by atoms with Gasteiger partial charge in [0, 0.05) is 17.7 Å². The van der Waals surface area contributed by atoms with Crippen LogP contribution in [0.3, 0.4) is 0 Å². The maximum absolute atomic E-state index is 11.0. The molecule has 0 fully saturated rings. The molecule has 0 bridgehead atoms. The van der Waals surface area contributed by atoms with Crippen LogP contribution in [-0.4, -0.2) is 21.0 Å². The van der Waals surface area contributed by atoms with Gasteiger partial charge in [-0.25, -0.2) is 0 Å². The van der Waals surface area contributed by atoms with Crippen molar-refractivity contribution in [2.24, 2.45) is 5.92 Å². The number of nitrogens with zero attached hydrogens (tertiary/aromatic N) is 1. The van der Waals surface area contributed by atoms with Gasteiger partial charge in [-0.2, -0.15) is 0 Å². The number of rotatable bonds is 8. The lowest BCUT2D eigenvalue weighted by molar-refractivity contribution is 0.157. The first-order chi connectivity index (χ1) is 13.8. The van der Waals surface area contributed by atoms with Gasteiger partial charge < -0.3 is 9.84 Å². The highest BCUT2D eigenvalue weighted by atomic mass is 79.9. The molecule has 4 heteroatoms. The highest BCUT2D eigenvalue weighted by molar-refractivity contribution is 9.09. The number of alkyl halides is 1. The van der Waals surface area contributed by atoms with Crippen molar-refractivity contribution in [3.8, 4) is 11.5 Å². The summed E-state index contributed by atoms with van der Waals surface area (Å²) >= 11 is 3.51. The summed E-state index contributed by atoms with van der Waals surface area (Å²) in [7, 11) is 0. The van der Waals surface area contributed by atoms with Crippen molar-refractivity contribution in [2.75, 3.05) is 5.33 Å². The summed E-state index contributed by atoms with van der Waals surface area (Å²) in [4.78, 5) is 4.12. The maximum atomic E-state index is 11.0. The molecule has 2 unspecified atom stereocenters. The summed E-state index contributed by atoms with van der Waals surface area (Å²) in [5, 5.41) is 12.1. The van der Waals surface area contributed by atoms with E-state index in [-0.39, 0.29) is 5.75 Å². The second-order valence-corrected chi connectivity index (χ2v) is 9.51. The number of aromatic nitrogens is 1. The van der Waals surface area contributed by atoms with Crippen LogP contribution in [0.15, 0.2) is 42.7 Å². The van der Waals surface area contributed by atoms with E-state index in [9.17, 15) is 5.11 Å². The van der Waals surface area contributed by atoms with Gasteiger partial charge in [0.1, 0.15) is 17.1 Å². The normalized spacial score (nSPS) is 17.1. The van der Waals surface area contributed by atoms with Gasteiger partial charge in [-0.1, -0.05) is 49.0 Å². The second kappa shape index (κ2) is 9.34. The van der Waals surface area contributed by atoms with Gasteiger partial charge in [0.05, 0.1) is 5.56 Å². The first kappa shape index (κ1) is 21.9. The van der Waals surface area contributed by atoms with Gasteiger partial charge in [0.2, 0.25) is 0 Å². The average molecular weight is 458 g/mol. The lowest BCUT2D eigenvalue weighted by Crippen LogP contribution is -2.29. The smallest absolute Gasteiger partial charge is 0.132 e. The zero-order valence-electron chi connectivity index (χ0n) is 17.9. The Morgan fingerprint density at radius 1 is 1.10 bits per heavy atom. The van der Waals surface area contributed by atoms with E-state index < -0.39 is 5.60 Å². The van der Waals surface area contributed by atoms with Gasteiger partial charge in [-0.3, -0.25) is 4.98 Å². The summed E-state index contributed by atoms with van der Waals surface area (Å²) in [5.74, 6) is 1.96. The Morgan fingerprint density at radius 2 is 1.83 bits per heavy atom. The largest absolute Gasteiger partial charge is 0.507 e. The number of ether oxygens (including phenoxy) is 1. The molecule has 0 spiro atoms. The molecule has 1 aromatic carbocycles. The van der Waals surface area contributed by atoms with Crippen molar-refractivity contribution >= 4 is 21.5 Å². The number of unbranched alkanes of at least 4 members (excludes halogenated alkanes) is 2. The Balaban J connectivity index is 1.91. The van der Waals surface area contributed by atoms with E-state index in [1.807, 2.05) is 18.2 Å². The Morgan fingerprint density at radius 3 is 2.52 bits per heavy atom. The molecule has 0 radical (unpaired) electrons. The first-order valence-electron chi connectivity index (χ1n) is 10.6. The molecule has 29 heavy (non-hydrogen) atoms. The third-order valence-electron chi connectivity index (χ3n) is 5.90. The fraction of sp³-hybridized carbons (Fsp3) is 0.480. The van der Waals surface area contributed by atoms with Crippen LogP contribution in [0, 0.1) is 5.92 Å². The maximum Gasteiger partial charge on any atom is 0.132 e. The molecular weight excluding hydrogens is 426 g/mol. The van der Waals surface area contributed by atoms with Crippen LogP contribution in [0.5, 0.6) is 11.5 Å². The molecule has 1 aliphatic heterocycles. The van der Waals surface area contributed by atoms with Crippen molar-refractivity contribution in [3.05, 3.63) is 59.4 Å². The number of halogens is 1. The summed E-state index contributed by atoms with van der Waals surface area (Å²) in [6.07, 6.45) is 10.6. The molecular formula is C25H32BrNO2. The molecule has 156 valence electrons. The summed E-state index contributed by atoms with van der Waals surface area (Å²) in [6, 6.07) is 8.00. The van der Waals surface area contributed by atoms with Crippen molar-refractivity contribution < 1.29 is 9.84 Å². The molecule has 0 saturated carbocycles. The van der Waals surface area contributed by atoms with Gasteiger partial charge in [-0.05, 0) is 79.1 Å². The molecule has 2 aromatic rings. The molecule has 3 nitrogen and oxygen atoms in total. The van der Waals surface area contributed by atoms with E-state index in [4.69, 9.17) is 4.74 Å². The third-order valence-corrected chi connectivity index (χ3v) is 6.46. The highest BCUT2D eigenvalue weighted by Crippen LogP contribution is 2.46. The number of aromatic hydroxyl groups is 1. The SMILES string of the molecule is CC(CCCCCBr)C(C)c1cc(O)c2c(c1)OC(C)(C)C=C2c1ccncc1. The number of phenolic OH excluding ortho intramolecular Hbond substituents is 1. The van der Waals surface area contributed by atoms with Gasteiger partial charge >= 0.3 is 0 Å². The Hall–Kier alpha value is -1.81. The molecule has 1 aliphatic rings. The number of hydrogen-bond acceptors (Lipinski definition) is 3. The number of pyridine rings is 1. The fourth-order valence-electron chi connectivity index (χ4n) is 4.04. The number of phenols is 1. The van der Waals surface area contributed by atoms with E-state index in [0.29, 0.717) is 11.8 Å². The van der Waals surface area contributed by atoms with E-state index >= 15 is 0 Å². The zero-order chi connectivity index (χ0) is 21.0. The number of benzene rings is 1. The van der Waals surface area contributed by atoms with Crippen LogP contribution >= 0.6 is 15.9 Å². The molecule has 1 N–H and O–H groups in total. The van der Waals surface area contributed by atoms with Crippen LogP contribution in [-0.2, 0) is 0 Å². The molecule has 0 amide bonds. The number of hydrogen-bond donors (Lipinski definition) is 1. The third kappa shape index (κ3) is 5.22. The van der Waals surface area contributed by atoms with Gasteiger partial charge in [0.15, 0.2) is 0 Å². The first-order valence-corrected chi connectivity index (χ1v) is 11.7. The lowest BCUT2D eigenvalue weighted by atomic mass is 9.83. The van der Waals surface area contributed by atoms with Crippen molar-refractivity contribution in [3.63, 3.8) is 0 Å². The Labute approximate surface area is 183 Å². The van der Waals surface area contributed by atoms with Crippen LogP contribution < -0.4 is 4.74 Å². The van der Waals surface area contributed by atoms with Crippen LogP contribution in [0.1, 0.15) is 76.0 Å². The summed E-state index contributed by atoms with van der Waals surface area (Å²) < 4.78 is 6.28. The van der Waals surface area contributed by atoms with Crippen molar-refractivity contribution in [1.82, 2.24) is 4.98 Å². The number of fused-ring (bicyclic) bond motifs is 1. The fourth-order valence-corrected chi connectivity index (χ4v) is 4.44. The summed E-state index contributed by atoms with van der Waals surface area (Å²) in [6.45, 7) is 8.67. The second-order valence-electron chi connectivity index (χ2n) is 8.72. The van der Waals surface area contributed by atoms with Gasteiger partial charge in [-0.15, -0.1) is 0 Å². The Kier molecular flexibility index (Phi) is 7.05. The minimum atomic E-state index is -0.443. The topological polar surface area (TPSA) is 42.4 Å². The highest BCUT2D eigenvalue weighted by Gasteiger charge is 2.30. The molecule has 0 aliphatic carbocycles. The van der Waals surface area contributed by atoms with Crippen LogP contribution in [0.25, 0.3) is 5.57 Å². The monoisotopic (exact) mass is 457 g/mol. The predicted octanol–water partition coefficient (Wildman–Crippen LogP) is 7.08. The van der Waals surface area contributed by atoms with E-state index in [1.165, 1.54) is 25.7 Å². The van der Waals surface area contributed by atoms with Crippen molar-refractivity contribution in [2.45, 2.75) is 64.9 Å². The molecule has 3 rings (SSSR count). The Bertz CT molecular complexity index is 861. The van der Waals surface area contributed by atoms with E-state index in [1.54, 1.807) is 12.4 Å². The molecule has 1 aromatic heterocycles. The molecule has 2 atom stereocenters. The zero-order valence-corrected chi connectivity index (χ0v) is 19.5. The van der Waals surface area contributed by atoms with Gasteiger partial charge in [0.25, 0.3) is 0 Å². The van der Waals surface area contributed by atoms with Crippen LogP contribution in [0.2, 0.25) is 0 Å². The summed E-state index contributed by atoms with van der Waals surface area (Å²) in [5.41, 5.74) is 3.51. The van der Waals surface area contributed by atoms with E-state index in [2.05, 4.69) is 60.8 Å². The lowest BCUT2D eigenvalue weighted by Gasteiger charge is -2.33. The minimum Gasteiger partial charge on any atom is -0.507 e. The quantitative estimate of drug-likeness (QED) is 0.339. The van der Waals surface area contributed by atoms with Crippen LogP contribution in [0.4, 0.5) is 0 Å². The molecule has 0 saturated heterocycles. The van der Waals surface area contributed by atoms with E-state index in [0.717, 1.165) is 33.3 Å². The standard InChI is InChI=1S/C25H32BrNO2/c1-17(8-6-5-7-11-26)18(2)20-14-22(28)24-21(19-9-12-27-13-10-19)16-25(3,4)29-23(24)15-20/h9-10,12-18,28H,5-8,11H2,1-4H3.